The summed E-state index contributed by atoms with van der Waals surface area (Å²) in [5.74, 6) is 0. The summed E-state index contributed by atoms with van der Waals surface area (Å²) in [5.41, 5.74) is 0. The van der Waals surface area contributed by atoms with Crippen molar-refractivity contribution in [2.75, 3.05) is 0 Å². The summed E-state index contributed by atoms with van der Waals surface area (Å²) in [6.45, 7) is 12.6. The van der Waals surface area contributed by atoms with Gasteiger partial charge in [-0.1, -0.05) is 80.4 Å². The van der Waals surface area contributed by atoms with Crippen molar-refractivity contribution in [1.29, 1.82) is 0 Å². The highest BCUT2D eigenvalue weighted by Crippen LogP contribution is 2.21. The van der Waals surface area contributed by atoms with E-state index < -0.39 is 15.2 Å². The van der Waals surface area contributed by atoms with Crippen LogP contribution < -0.4 is 5.19 Å². The Morgan fingerprint density at radius 3 is 1.88 bits per heavy atom. The molecule has 17 heavy (non-hydrogen) atoms. The van der Waals surface area contributed by atoms with E-state index in [0.717, 1.165) is 0 Å². The van der Waals surface area contributed by atoms with E-state index in [1.54, 1.807) is 5.19 Å². The first kappa shape index (κ1) is 12.6. The summed E-state index contributed by atoms with van der Waals surface area (Å²) in [7, 11) is -2.33. The first-order valence-corrected chi connectivity index (χ1v) is 13.8. The van der Waals surface area contributed by atoms with E-state index in [9.17, 15) is 0 Å². The third-order valence-corrected chi connectivity index (χ3v) is 22.0. The van der Waals surface area contributed by atoms with Gasteiger partial charge in [-0.25, -0.2) is 0 Å². The topological polar surface area (TPSA) is 0 Å². The van der Waals surface area contributed by atoms with Crippen LogP contribution in [0, 0.1) is 0 Å². The summed E-state index contributed by atoms with van der Waals surface area (Å²) in [5, 5.41) is 4.37. The van der Waals surface area contributed by atoms with Crippen LogP contribution in [0.1, 0.15) is 0 Å². The van der Waals surface area contributed by atoms with Gasteiger partial charge in [0.05, 0.1) is 7.59 Å². The van der Waals surface area contributed by atoms with Gasteiger partial charge in [-0.2, -0.15) is 0 Å². The number of hydrogen-bond acceptors (Lipinski definition) is 0. The van der Waals surface area contributed by atoms with Crippen LogP contribution in [0.15, 0.2) is 42.5 Å². The molecule has 0 aliphatic heterocycles. The molecule has 2 heteroatoms. The van der Waals surface area contributed by atoms with Crippen molar-refractivity contribution in [2.24, 2.45) is 0 Å². The van der Waals surface area contributed by atoms with E-state index in [0.29, 0.717) is 0 Å². The molecule has 0 nitrogen and oxygen atoms in total. The van der Waals surface area contributed by atoms with Gasteiger partial charge in [0, 0.05) is 7.59 Å². The summed E-state index contributed by atoms with van der Waals surface area (Å²) in [6.07, 6.45) is 0. The Kier molecular flexibility index (Phi) is 3.04. The lowest BCUT2D eigenvalue weighted by molar-refractivity contribution is 1.71. The molecule has 0 amide bonds. The van der Waals surface area contributed by atoms with Gasteiger partial charge in [-0.15, -0.1) is 0 Å². The Labute approximate surface area is 106 Å². The monoisotopic (exact) mass is 258 g/mol. The second-order valence-electron chi connectivity index (χ2n) is 6.44. The maximum atomic E-state index is 2.53. The molecule has 90 valence electrons. The van der Waals surface area contributed by atoms with Crippen LogP contribution in [0.25, 0.3) is 10.8 Å². The van der Waals surface area contributed by atoms with Crippen molar-refractivity contribution < 1.29 is 0 Å². The van der Waals surface area contributed by atoms with Gasteiger partial charge < -0.3 is 0 Å². The Morgan fingerprint density at radius 2 is 1.29 bits per heavy atom. The second-order valence-corrected chi connectivity index (χ2v) is 23.0. The van der Waals surface area contributed by atoms with E-state index in [1.165, 1.54) is 10.8 Å². The smallest absolute Gasteiger partial charge is 0.0712 e. The summed E-state index contributed by atoms with van der Waals surface area (Å²) < 4.78 is 0. The zero-order chi connectivity index (χ0) is 12.7. The lowest BCUT2D eigenvalue weighted by atomic mass is 10.1. The Balaban J connectivity index is 2.57. The van der Waals surface area contributed by atoms with Gasteiger partial charge in [0.2, 0.25) is 0 Å². The molecule has 0 saturated carbocycles. The van der Waals surface area contributed by atoms with Crippen molar-refractivity contribution in [3.05, 3.63) is 42.5 Å². The largest absolute Gasteiger partial charge is 0.0736 e. The molecule has 0 saturated heterocycles. The highest BCUT2D eigenvalue weighted by atomic mass is 29.3. The number of rotatable bonds is 2. The number of hydrogen-bond donors (Lipinski definition) is 0. The molecule has 0 aliphatic rings. The van der Waals surface area contributed by atoms with Crippen LogP contribution in [-0.4, -0.2) is 15.2 Å². The third kappa shape index (κ3) is 2.24. The van der Waals surface area contributed by atoms with Crippen LogP contribution in [-0.2, 0) is 0 Å². The molecule has 0 N–H and O–H groups in total. The van der Waals surface area contributed by atoms with E-state index >= 15 is 0 Å². The van der Waals surface area contributed by atoms with E-state index in [4.69, 9.17) is 0 Å². The zero-order valence-electron chi connectivity index (χ0n) is 11.5. The molecule has 0 radical (unpaired) electrons. The second kappa shape index (κ2) is 4.11. The van der Waals surface area contributed by atoms with Crippen molar-refractivity contribution >= 4 is 31.1 Å². The predicted molar refractivity (Wildman–Crippen MR) is 84.4 cm³/mol. The summed E-state index contributed by atoms with van der Waals surface area (Å²) >= 11 is 0. The molecular weight excluding hydrogens is 236 g/mol. The van der Waals surface area contributed by atoms with Gasteiger partial charge in [-0.05, 0) is 10.8 Å². The molecule has 0 atom stereocenters. The third-order valence-electron chi connectivity index (χ3n) is 4.35. The Bertz CT molecular complexity index is 536. The van der Waals surface area contributed by atoms with Gasteiger partial charge in [0.1, 0.15) is 0 Å². The highest BCUT2D eigenvalue weighted by Gasteiger charge is 2.38. The SMILES string of the molecule is C[Si](C)(C)[Si](C)(C)c1ccc2ccccc2c1. The minimum Gasteiger partial charge on any atom is -0.0712 e. The standard InChI is InChI=1S/C15H22Si2/c1-16(2,3)17(4,5)15-11-10-13-8-6-7-9-14(13)12-15/h6-12H,1-5H3. The Morgan fingerprint density at radius 1 is 0.706 bits per heavy atom. The minimum atomic E-state index is -1.26. The van der Waals surface area contributed by atoms with Gasteiger partial charge in [0.15, 0.2) is 0 Å². The molecule has 2 aromatic carbocycles. The van der Waals surface area contributed by atoms with E-state index in [1.807, 2.05) is 0 Å². The molecule has 0 heterocycles. The van der Waals surface area contributed by atoms with Gasteiger partial charge >= 0.3 is 0 Å². The Hall–Kier alpha value is -0.866. The van der Waals surface area contributed by atoms with Crippen LogP contribution in [0.5, 0.6) is 0 Å². The van der Waals surface area contributed by atoms with Crippen LogP contribution in [0.4, 0.5) is 0 Å². The molecule has 0 fully saturated rings. The average Bonchev–Trinajstić information content (AvgIpc) is 2.27. The van der Waals surface area contributed by atoms with Crippen molar-refractivity contribution in [2.45, 2.75) is 32.7 Å². The van der Waals surface area contributed by atoms with E-state index in [2.05, 4.69) is 75.2 Å². The molecule has 2 rings (SSSR count). The first-order chi connectivity index (χ1) is 7.82. The maximum Gasteiger partial charge on any atom is 0.0736 e. The molecule has 0 unspecified atom stereocenters. The zero-order valence-corrected chi connectivity index (χ0v) is 13.5. The quantitative estimate of drug-likeness (QED) is 0.709. The predicted octanol–water partition coefficient (Wildman–Crippen LogP) is 4.17. The van der Waals surface area contributed by atoms with Crippen molar-refractivity contribution in [3.8, 4) is 0 Å². The number of benzene rings is 2. The van der Waals surface area contributed by atoms with Gasteiger partial charge in [-0.3, -0.25) is 0 Å². The molecule has 0 bridgehead atoms. The molecule has 0 spiro atoms. The lowest BCUT2D eigenvalue weighted by Crippen LogP contribution is -2.61. The van der Waals surface area contributed by atoms with Crippen molar-refractivity contribution in [1.82, 2.24) is 0 Å². The fourth-order valence-electron chi connectivity index (χ4n) is 2.01. The van der Waals surface area contributed by atoms with E-state index in [-0.39, 0.29) is 0 Å². The fourth-order valence-corrected chi connectivity index (χ4v) is 6.96. The number of fused-ring (bicyclic) bond motifs is 1. The molecular formula is C15H22Si2. The fraction of sp³-hybridized carbons (Fsp3) is 0.333. The maximum absolute atomic E-state index is 2.53. The first-order valence-electron chi connectivity index (χ1n) is 6.32. The molecule has 0 aromatic heterocycles. The lowest BCUT2D eigenvalue weighted by Gasteiger charge is -2.36. The van der Waals surface area contributed by atoms with Crippen LogP contribution in [0.2, 0.25) is 32.7 Å². The van der Waals surface area contributed by atoms with Crippen LogP contribution >= 0.6 is 0 Å². The molecule has 2 aromatic rings. The van der Waals surface area contributed by atoms with Crippen LogP contribution in [0.3, 0.4) is 0 Å². The average molecular weight is 259 g/mol. The summed E-state index contributed by atoms with van der Waals surface area (Å²) in [4.78, 5) is 0. The summed E-state index contributed by atoms with van der Waals surface area (Å²) in [6, 6.07) is 15.8. The normalized spacial score (nSPS) is 13.0. The molecule has 0 aliphatic carbocycles. The van der Waals surface area contributed by atoms with Gasteiger partial charge in [0.25, 0.3) is 0 Å². The minimum absolute atomic E-state index is 1.07. The highest BCUT2D eigenvalue weighted by molar-refractivity contribution is 7.45. The van der Waals surface area contributed by atoms with Crippen molar-refractivity contribution in [3.63, 3.8) is 0 Å².